The minimum atomic E-state index is 0.454. The van der Waals surface area contributed by atoms with Crippen LogP contribution in [0.4, 0.5) is 0 Å². The highest BCUT2D eigenvalue weighted by atomic mass is 32.1. The zero-order valence-electron chi connectivity index (χ0n) is 9.43. The van der Waals surface area contributed by atoms with Crippen molar-refractivity contribution in [1.82, 2.24) is 10.4 Å². The van der Waals surface area contributed by atoms with Crippen LogP contribution in [-0.4, -0.2) is 11.0 Å². The van der Waals surface area contributed by atoms with E-state index in [1.165, 1.54) is 30.6 Å². The zero-order chi connectivity index (χ0) is 11.0. The molecule has 0 aliphatic heterocycles. The molecule has 4 heteroatoms. The molecule has 1 heterocycles. The van der Waals surface area contributed by atoms with Crippen LogP contribution in [0.5, 0.6) is 0 Å². The Morgan fingerprint density at radius 1 is 1.50 bits per heavy atom. The van der Waals surface area contributed by atoms with Gasteiger partial charge in [0.1, 0.15) is 0 Å². The molecule has 3 nitrogen and oxygen atoms in total. The van der Waals surface area contributed by atoms with Crippen molar-refractivity contribution in [1.29, 1.82) is 0 Å². The van der Waals surface area contributed by atoms with Crippen molar-refractivity contribution < 1.29 is 0 Å². The van der Waals surface area contributed by atoms with Crippen LogP contribution in [0.15, 0.2) is 11.7 Å². The number of hydrogen-bond acceptors (Lipinski definition) is 4. The molecular formula is C12H19N3S. The molecule has 1 aromatic rings. The second-order valence-electron chi connectivity index (χ2n) is 5.28. The highest BCUT2D eigenvalue weighted by molar-refractivity contribution is 7.09. The van der Waals surface area contributed by atoms with Crippen LogP contribution in [-0.2, 0) is 6.42 Å². The van der Waals surface area contributed by atoms with Crippen LogP contribution in [0.3, 0.4) is 0 Å². The smallest absolute Gasteiger partial charge is 0.0794 e. The Morgan fingerprint density at radius 3 is 3.00 bits per heavy atom. The predicted octanol–water partition coefficient (Wildman–Crippen LogP) is 1.95. The van der Waals surface area contributed by atoms with Crippen molar-refractivity contribution in [3.63, 3.8) is 0 Å². The largest absolute Gasteiger partial charge is 0.271 e. The summed E-state index contributed by atoms with van der Waals surface area (Å²) in [5.41, 5.74) is 4.95. The molecule has 4 unspecified atom stereocenters. The predicted molar refractivity (Wildman–Crippen MR) is 65.9 cm³/mol. The molecule has 2 aliphatic rings. The van der Waals surface area contributed by atoms with Gasteiger partial charge in [0.15, 0.2) is 0 Å². The first-order valence-electron chi connectivity index (χ1n) is 6.20. The van der Waals surface area contributed by atoms with Crippen LogP contribution in [0, 0.1) is 17.8 Å². The molecule has 0 amide bonds. The van der Waals surface area contributed by atoms with Crippen molar-refractivity contribution >= 4 is 11.3 Å². The van der Waals surface area contributed by atoms with Crippen LogP contribution < -0.4 is 11.3 Å². The fourth-order valence-corrected chi connectivity index (χ4v) is 4.33. The second kappa shape index (κ2) is 4.43. The van der Waals surface area contributed by atoms with E-state index in [-0.39, 0.29) is 0 Å². The van der Waals surface area contributed by atoms with Gasteiger partial charge in [-0.15, -0.1) is 11.3 Å². The molecule has 2 aliphatic carbocycles. The topological polar surface area (TPSA) is 50.9 Å². The van der Waals surface area contributed by atoms with Crippen LogP contribution >= 0.6 is 11.3 Å². The van der Waals surface area contributed by atoms with Crippen molar-refractivity contribution in [3.8, 4) is 0 Å². The molecular weight excluding hydrogens is 218 g/mol. The fraction of sp³-hybridized carbons (Fsp3) is 0.750. The quantitative estimate of drug-likeness (QED) is 0.621. The normalized spacial score (nSPS) is 34.4. The number of nitrogens with one attached hydrogen (secondary N) is 1. The van der Waals surface area contributed by atoms with Crippen LogP contribution in [0.1, 0.15) is 30.6 Å². The number of nitrogens with two attached hydrogens (primary N) is 1. The molecule has 0 saturated heterocycles. The van der Waals surface area contributed by atoms with Gasteiger partial charge < -0.3 is 0 Å². The minimum absolute atomic E-state index is 0.454. The number of nitrogens with zero attached hydrogens (tertiary/aromatic N) is 1. The third kappa shape index (κ3) is 1.90. The summed E-state index contributed by atoms with van der Waals surface area (Å²) in [6.45, 7) is 0. The number of hydrogen-bond donors (Lipinski definition) is 2. The van der Waals surface area contributed by atoms with E-state index < -0.39 is 0 Å². The molecule has 4 atom stereocenters. The van der Waals surface area contributed by atoms with Gasteiger partial charge in [-0.25, -0.2) is 0 Å². The zero-order valence-corrected chi connectivity index (χ0v) is 10.2. The molecule has 3 N–H and O–H groups in total. The number of rotatable bonds is 4. The molecule has 88 valence electrons. The summed E-state index contributed by atoms with van der Waals surface area (Å²) in [5.74, 6) is 8.45. The lowest BCUT2D eigenvalue weighted by Gasteiger charge is -2.29. The third-order valence-electron chi connectivity index (χ3n) is 4.43. The van der Waals surface area contributed by atoms with Gasteiger partial charge in [-0.05, 0) is 37.0 Å². The van der Waals surface area contributed by atoms with Gasteiger partial charge in [0.25, 0.3) is 0 Å². The number of aromatic nitrogens is 1. The monoisotopic (exact) mass is 237 g/mol. The lowest BCUT2D eigenvalue weighted by Crippen LogP contribution is -2.44. The SMILES string of the molecule is NNC(Cc1cncs1)C1CC2CCC1C2. The van der Waals surface area contributed by atoms with E-state index >= 15 is 0 Å². The van der Waals surface area contributed by atoms with Gasteiger partial charge in [0.05, 0.1) is 5.51 Å². The highest BCUT2D eigenvalue weighted by Gasteiger charge is 2.42. The van der Waals surface area contributed by atoms with Crippen molar-refractivity contribution in [3.05, 3.63) is 16.6 Å². The van der Waals surface area contributed by atoms with Crippen molar-refractivity contribution in [2.24, 2.45) is 23.6 Å². The molecule has 2 bridgehead atoms. The van der Waals surface area contributed by atoms with Crippen LogP contribution in [0.2, 0.25) is 0 Å². The Labute approximate surface area is 100 Å². The Balaban J connectivity index is 1.67. The number of hydrazine groups is 1. The van der Waals surface area contributed by atoms with Gasteiger partial charge >= 0.3 is 0 Å². The Morgan fingerprint density at radius 2 is 2.44 bits per heavy atom. The Kier molecular flexibility index (Phi) is 2.96. The van der Waals surface area contributed by atoms with Gasteiger partial charge in [-0.1, -0.05) is 6.42 Å². The molecule has 0 spiro atoms. The van der Waals surface area contributed by atoms with Gasteiger partial charge in [0, 0.05) is 23.5 Å². The second-order valence-corrected chi connectivity index (χ2v) is 6.25. The highest BCUT2D eigenvalue weighted by Crippen LogP contribution is 2.49. The first kappa shape index (κ1) is 10.7. The van der Waals surface area contributed by atoms with Gasteiger partial charge in [-0.3, -0.25) is 16.3 Å². The van der Waals surface area contributed by atoms with Gasteiger partial charge in [-0.2, -0.15) is 0 Å². The van der Waals surface area contributed by atoms with Crippen molar-refractivity contribution in [2.45, 2.75) is 38.1 Å². The first-order chi connectivity index (χ1) is 7.86. The lowest BCUT2D eigenvalue weighted by atomic mass is 9.82. The standard InChI is InChI=1S/C12H19N3S/c13-15-12(5-10-6-14-7-16-10)11-4-8-1-2-9(11)3-8/h6-9,11-12,15H,1-5,13H2. The maximum absolute atomic E-state index is 5.74. The van der Waals surface area contributed by atoms with E-state index in [0.717, 1.165) is 24.2 Å². The van der Waals surface area contributed by atoms with E-state index in [0.29, 0.717) is 6.04 Å². The summed E-state index contributed by atoms with van der Waals surface area (Å²) in [6, 6.07) is 0.454. The fourth-order valence-electron chi connectivity index (χ4n) is 3.68. The average molecular weight is 237 g/mol. The summed E-state index contributed by atoms with van der Waals surface area (Å²) in [4.78, 5) is 5.49. The Hall–Kier alpha value is -0.450. The summed E-state index contributed by atoms with van der Waals surface area (Å²) in [7, 11) is 0. The average Bonchev–Trinajstić information content (AvgIpc) is 3.02. The van der Waals surface area contributed by atoms with E-state index in [9.17, 15) is 0 Å². The maximum Gasteiger partial charge on any atom is 0.0794 e. The maximum atomic E-state index is 5.74. The first-order valence-corrected chi connectivity index (χ1v) is 7.08. The molecule has 2 saturated carbocycles. The summed E-state index contributed by atoms with van der Waals surface area (Å²) >= 11 is 1.74. The number of thiazole rings is 1. The molecule has 0 radical (unpaired) electrons. The minimum Gasteiger partial charge on any atom is -0.271 e. The van der Waals surface area contributed by atoms with Crippen LogP contribution in [0.25, 0.3) is 0 Å². The molecule has 2 fully saturated rings. The summed E-state index contributed by atoms with van der Waals surface area (Å²) in [5, 5.41) is 0. The molecule has 16 heavy (non-hydrogen) atoms. The van der Waals surface area contributed by atoms with E-state index in [2.05, 4.69) is 10.4 Å². The summed E-state index contributed by atoms with van der Waals surface area (Å²) in [6.07, 6.45) is 8.75. The molecule has 0 aromatic carbocycles. The summed E-state index contributed by atoms with van der Waals surface area (Å²) < 4.78 is 0. The molecule has 3 rings (SSSR count). The lowest BCUT2D eigenvalue weighted by molar-refractivity contribution is 0.249. The van der Waals surface area contributed by atoms with Gasteiger partial charge in [0.2, 0.25) is 0 Å². The van der Waals surface area contributed by atoms with Crippen molar-refractivity contribution in [2.75, 3.05) is 0 Å². The molecule has 1 aromatic heterocycles. The van der Waals surface area contributed by atoms with E-state index in [1.807, 2.05) is 11.7 Å². The third-order valence-corrected chi connectivity index (χ3v) is 5.23. The number of fused-ring (bicyclic) bond motifs is 2. The van der Waals surface area contributed by atoms with E-state index in [4.69, 9.17) is 5.84 Å². The van der Waals surface area contributed by atoms with E-state index in [1.54, 1.807) is 11.3 Å². The Bertz CT molecular complexity index is 338.